The molecular weight excluding hydrogens is 242 g/mol. The van der Waals surface area contributed by atoms with Crippen LogP contribution < -0.4 is 5.32 Å². The van der Waals surface area contributed by atoms with Gasteiger partial charge in [-0.3, -0.25) is 0 Å². The molecule has 4 nitrogen and oxygen atoms in total. The fourth-order valence-electron chi connectivity index (χ4n) is 1.93. The zero-order chi connectivity index (χ0) is 14.3. The first-order chi connectivity index (χ1) is 9.06. The molecule has 1 unspecified atom stereocenters. The Morgan fingerprint density at radius 1 is 1.32 bits per heavy atom. The van der Waals surface area contributed by atoms with E-state index in [1.807, 2.05) is 12.1 Å². The fourth-order valence-corrected chi connectivity index (χ4v) is 1.93. The minimum absolute atomic E-state index is 0.111. The number of hydrogen-bond acceptors (Lipinski definition) is 4. The minimum Gasteiger partial charge on any atom is -0.465 e. The lowest BCUT2D eigenvalue weighted by Crippen LogP contribution is -2.33. The predicted octanol–water partition coefficient (Wildman–Crippen LogP) is 1.97. The van der Waals surface area contributed by atoms with Crippen molar-refractivity contribution in [1.82, 2.24) is 5.32 Å². The van der Waals surface area contributed by atoms with Gasteiger partial charge in [-0.15, -0.1) is 0 Å². The number of carbonyl (C=O) groups is 1. The maximum atomic E-state index is 11.3. The molecule has 0 aliphatic rings. The maximum absolute atomic E-state index is 11.3. The van der Waals surface area contributed by atoms with Crippen molar-refractivity contribution in [2.75, 3.05) is 13.7 Å². The van der Waals surface area contributed by atoms with Crippen LogP contribution in [0.1, 0.15) is 36.2 Å². The molecule has 2 N–H and O–H groups in total. The van der Waals surface area contributed by atoms with E-state index in [2.05, 4.69) is 23.9 Å². The van der Waals surface area contributed by atoms with Gasteiger partial charge >= 0.3 is 5.97 Å². The van der Waals surface area contributed by atoms with Gasteiger partial charge in [-0.2, -0.15) is 0 Å². The minimum atomic E-state index is -0.326. The van der Waals surface area contributed by atoms with Crippen LogP contribution in [0.4, 0.5) is 0 Å². The number of ether oxygens (including phenoxy) is 1. The van der Waals surface area contributed by atoms with Gasteiger partial charge in [-0.25, -0.2) is 4.79 Å². The van der Waals surface area contributed by atoms with Crippen molar-refractivity contribution >= 4 is 5.97 Å². The number of aliphatic hydroxyl groups is 1. The monoisotopic (exact) mass is 265 g/mol. The average molecular weight is 265 g/mol. The molecule has 0 spiro atoms. The van der Waals surface area contributed by atoms with Gasteiger partial charge in [0.2, 0.25) is 0 Å². The lowest BCUT2D eigenvalue weighted by atomic mass is 10.0. The van der Waals surface area contributed by atoms with Crippen LogP contribution in [0.2, 0.25) is 0 Å². The van der Waals surface area contributed by atoms with Crippen molar-refractivity contribution in [3.63, 3.8) is 0 Å². The van der Waals surface area contributed by atoms with E-state index in [0.717, 1.165) is 12.0 Å². The molecule has 1 aromatic carbocycles. The number of aliphatic hydroxyl groups excluding tert-OH is 1. The average Bonchev–Trinajstić information content (AvgIpc) is 2.42. The molecule has 19 heavy (non-hydrogen) atoms. The Morgan fingerprint density at radius 2 is 1.95 bits per heavy atom. The lowest BCUT2D eigenvalue weighted by Gasteiger charge is -2.18. The molecule has 106 valence electrons. The van der Waals surface area contributed by atoms with Crippen LogP contribution in [0.5, 0.6) is 0 Å². The zero-order valence-corrected chi connectivity index (χ0v) is 11.8. The standard InChI is InChI=1S/C15H23NO3/c1-11(2)8-14(10-17)16-9-12-4-6-13(7-5-12)15(18)19-3/h4-7,11,14,16-17H,8-10H2,1-3H3. The second kappa shape index (κ2) is 7.92. The summed E-state index contributed by atoms with van der Waals surface area (Å²) >= 11 is 0. The summed E-state index contributed by atoms with van der Waals surface area (Å²) in [6.45, 7) is 5.09. The molecule has 0 fully saturated rings. The number of carbonyl (C=O) groups excluding carboxylic acids is 1. The van der Waals surface area contributed by atoms with Crippen LogP contribution in [-0.4, -0.2) is 30.8 Å². The summed E-state index contributed by atoms with van der Waals surface area (Å²) in [5.74, 6) is 0.221. The molecule has 0 saturated heterocycles. The van der Waals surface area contributed by atoms with E-state index < -0.39 is 0 Å². The van der Waals surface area contributed by atoms with Crippen LogP contribution in [-0.2, 0) is 11.3 Å². The zero-order valence-electron chi connectivity index (χ0n) is 11.8. The van der Waals surface area contributed by atoms with Gasteiger partial charge in [0.15, 0.2) is 0 Å². The SMILES string of the molecule is COC(=O)c1ccc(CNC(CO)CC(C)C)cc1. The summed E-state index contributed by atoms with van der Waals surface area (Å²) in [4.78, 5) is 11.3. The summed E-state index contributed by atoms with van der Waals surface area (Å²) in [6, 6.07) is 7.39. The van der Waals surface area contributed by atoms with E-state index in [9.17, 15) is 9.90 Å². The molecule has 1 aromatic rings. The Morgan fingerprint density at radius 3 is 2.42 bits per heavy atom. The summed E-state index contributed by atoms with van der Waals surface area (Å²) < 4.78 is 4.65. The second-order valence-corrected chi connectivity index (χ2v) is 5.08. The van der Waals surface area contributed by atoms with Gasteiger partial charge in [0.05, 0.1) is 19.3 Å². The summed E-state index contributed by atoms with van der Waals surface area (Å²) in [6.07, 6.45) is 0.941. The highest BCUT2D eigenvalue weighted by molar-refractivity contribution is 5.89. The number of rotatable bonds is 7. The Hall–Kier alpha value is -1.39. The molecule has 0 radical (unpaired) electrons. The number of nitrogens with one attached hydrogen (secondary N) is 1. The van der Waals surface area contributed by atoms with Gasteiger partial charge in [-0.1, -0.05) is 26.0 Å². The molecule has 0 aliphatic carbocycles. The number of esters is 1. The first-order valence-corrected chi connectivity index (χ1v) is 6.58. The number of hydrogen-bond donors (Lipinski definition) is 2. The maximum Gasteiger partial charge on any atom is 0.337 e. The third-order valence-corrected chi connectivity index (χ3v) is 2.95. The van der Waals surface area contributed by atoms with Crippen LogP contribution in [0.3, 0.4) is 0 Å². The van der Waals surface area contributed by atoms with Crippen molar-refractivity contribution in [2.45, 2.75) is 32.9 Å². The Labute approximate surface area is 114 Å². The highest BCUT2D eigenvalue weighted by Gasteiger charge is 2.09. The van der Waals surface area contributed by atoms with Gasteiger partial charge in [0, 0.05) is 12.6 Å². The van der Waals surface area contributed by atoms with E-state index in [1.165, 1.54) is 7.11 Å². The molecule has 0 amide bonds. The van der Waals surface area contributed by atoms with E-state index in [-0.39, 0.29) is 18.6 Å². The third kappa shape index (κ3) is 5.41. The molecular formula is C15H23NO3. The van der Waals surface area contributed by atoms with Crippen LogP contribution in [0, 0.1) is 5.92 Å². The second-order valence-electron chi connectivity index (χ2n) is 5.08. The Balaban J connectivity index is 2.51. The van der Waals surface area contributed by atoms with Crippen LogP contribution >= 0.6 is 0 Å². The predicted molar refractivity (Wildman–Crippen MR) is 75.0 cm³/mol. The Bertz CT molecular complexity index is 387. The summed E-state index contributed by atoms with van der Waals surface area (Å²) in [5.41, 5.74) is 1.63. The van der Waals surface area contributed by atoms with Crippen molar-refractivity contribution in [1.29, 1.82) is 0 Å². The highest BCUT2D eigenvalue weighted by atomic mass is 16.5. The van der Waals surface area contributed by atoms with Crippen LogP contribution in [0.25, 0.3) is 0 Å². The topological polar surface area (TPSA) is 58.6 Å². The number of benzene rings is 1. The molecule has 1 atom stereocenters. The fraction of sp³-hybridized carbons (Fsp3) is 0.533. The van der Waals surface area contributed by atoms with E-state index in [1.54, 1.807) is 12.1 Å². The van der Waals surface area contributed by atoms with E-state index in [0.29, 0.717) is 18.0 Å². The molecule has 0 saturated carbocycles. The summed E-state index contributed by atoms with van der Waals surface area (Å²) in [5, 5.41) is 12.6. The quantitative estimate of drug-likeness (QED) is 0.740. The van der Waals surface area contributed by atoms with Crippen LogP contribution in [0.15, 0.2) is 24.3 Å². The van der Waals surface area contributed by atoms with Crippen molar-refractivity contribution in [3.8, 4) is 0 Å². The van der Waals surface area contributed by atoms with Crippen molar-refractivity contribution in [3.05, 3.63) is 35.4 Å². The third-order valence-electron chi connectivity index (χ3n) is 2.95. The first-order valence-electron chi connectivity index (χ1n) is 6.58. The normalized spacial score (nSPS) is 12.5. The molecule has 0 aromatic heterocycles. The smallest absolute Gasteiger partial charge is 0.337 e. The number of methoxy groups -OCH3 is 1. The van der Waals surface area contributed by atoms with Gasteiger partial charge in [0.25, 0.3) is 0 Å². The summed E-state index contributed by atoms with van der Waals surface area (Å²) in [7, 11) is 1.37. The first kappa shape index (κ1) is 15.7. The van der Waals surface area contributed by atoms with Crippen molar-refractivity contribution < 1.29 is 14.6 Å². The van der Waals surface area contributed by atoms with E-state index >= 15 is 0 Å². The van der Waals surface area contributed by atoms with Crippen molar-refractivity contribution in [2.24, 2.45) is 5.92 Å². The largest absolute Gasteiger partial charge is 0.465 e. The molecule has 4 heteroatoms. The van der Waals surface area contributed by atoms with Gasteiger partial charge in [-0.05, 0) is 30.0 Å². The Kier molecular flexibility index (Phi) is 6.53. The highest BCUT2D eigenvalue weighted by Crippen LogP contribution is 2.08. The molecule has 0 aliphatic heterocycles. The molecule has 1 rings (SSSR count). The molecule has 0 heterocycles. The van der Waals surface area contributed by atoms with Gasteiger partial charge < -0.3 is 15.2 Å². The van der Waals surface area contributed by atoms with E-state index in [4.69, 9.17) is 0 Å². The molecule has 0 bridgehead atoms. The lowest BCUT2D eigenvalue weighted by molar-refractivity contribution is 0.0600. The van der Waals surface area contributed by atoms with Gasteiger partial charge in [0.1, 0.15) is 0 Å².